The summed E-state index contributed by atoms with van der Waals surface area (Å²) >= 11 is 6.16. The minimum Gasteiger partial charge on any atom is -0.485 e. The summed E-state index contributed by atoms with van der Waals surface area (Å²) < 4.78 is 6.17. The number of nitrogens with one attached hydrogen (secondary N) is 1. The Labute approximate surface area is 165 Å². The van der Waals surface area contributed by atoms with Gasteiger partial charge in [0.2, 0.25) is 0 Å². The van der Waals surface area contributed by atoms with Crippen molar-refractivity contribution >= 4 is 22.5 Å². The maximum Gasteiger partial charge on any atom is 0.131 e. The number of halogens is 1. The highest BCUT2D eigenvalue weighted by atomic mass is 35.5. The third kappa shape index (κ3) is 3.66. The number of aryl methyl sites for hydroxylation is 1. The standard InChI is InChI=1S/C21H28ClN3O2/c1-13-10-18(22)24-16-11-15-17(12-14(13)16)27-21(2,3)20(26)19(15)23-6-9-25-7-4-5-8-25/h10-12,19-20,23,26H,4-9H2,1-3H3/t19-,20+/m0/s1. The third-order valence-electron chi connectivity index (χ3n) is 5.84. The van der Waals surface area contributed by atoms with Gasteiger partial charge in [-0.1, -0.05) is 11.6 Å². The highest BCUT2D eigenvalue weighted by Gasteiger charge is 2.43. The number of rotatable bonds is 4. The van der Waals surface area contributed by atoms with Crippen molar-refractivity contribution in [3.05, 3.63) is 34.5 Å². The van der Waals surface area contributed by atoms with Crippen LogP contribution >= 0.6 is 11.6 Å². The summed E-state index contributed by atoms with van der Waals surface area (Å²) in [6.07, 6.45) is 1.92. The lowest BCUT2D eigenvalue weighted by molar-refractivity contribution is -0.0645. The first kappa shape index (κ1) is 18.9. The van der Waals surface area contributed by atoms with E-state index in [4.69, 9.17) is 16.3 Å². The predicted octanol–water partition coefficient (Wildman–Crippen LogP) is 3.46. The summed E-state index contributed by atoms with van der Waals surface area (Å²) in [6.45, 7) is 10.1. The largest absolute Gasteiger partial charge is 0.485 e. The van der Waals surface area contributed by atoms with Crippen LogP contribution in [0.2, 0.25) is 5.15 Å². The molecule has 2 aliphatic rings. The lowest BCUT2D eigenvalue weighted by Crippen LogP contribution is -2.53. The molecule has 1 aromatic heterocycles. The van der Waals surface area contributed by atoms with Crippen LogP contribution in [0.15, 0.2) is 18.2 Å². The first-order valence-electron chi connectivity index (χ1n) is 9.79. The Bertz CT molecular complexity index is 849. The molecule has 3 heterocycles. The second-order valence-corrected chi connectivity index (χ2v) is 8.69. The zero-order valence-corrected chi connectivity index (χ0v) is 17.0. The molecule has 0 aliphatic carbocycles. The summed E-state index contributed by atoms with van der Waals surface area (Å²) in [5.74, 6) is 0.809. The van der Waals surface area contributed by atoms with Crippen LogP contribution in [0.5, 0.6) is 5.75 Å². The van der Waals surface area contributed by atoms with Crippen LogP contribution < -0.4 is 10.1 Å². The fourth-order valence-electron chi connectivity index (χ4n) is 4.25. The van der Waals surface area contributed by atoms with E-state index in [-0.39, 0.29) is 6.04 Å². The first-order chi connectivity index (χ1) is 12.8. The third-order valence-corrected chi connectivity index (χ3v) is 6.04. The van der Waals surface area contributed by atoms with E-state index in [0.717, 1.165) is 40.9 Å². The Morgan fingerprint density at radius 1 is 1.30 bits per heavy atom. The van der Waals surface area contributed by atoms with E-state index < -0.39 is 11.7 Å². The maximum absolute atomic E-state index is 11.0. The number of nitrogens with zero attached hydrogens (tertiary/aromatic N) is 2. The first-order valence-corrected chi connectivity index (χ1v) is 10.2. The zero-order chi connectivity index (χ0) is 19.2. The Balaban J connectivity index is 1.67. The predicted molar refractivity (Wildman–Crippen MR) is 109 cm³/mol. The number of aliphatic hydroxyl groups is 1. The molecule has 1 fully saturated rings. The van der Waals surface area contributed by atoms with Gasteiger partial charge in [0, 0.05) is 24.0 Å². The molecule has 0 saturated carbocycles. The molecule has 0 spiro atoms. The van der Waals surface area contributed by atoms with Crippen LogP contribution in [0.25, 0.3) is 10.9 Å². The molecule has 146 valence electrons. The van der Waals surface area contributed by atoms with Gasteiger partial charge in [-0.15, -0.1) is 0 Å². The number of hydrogen-bond donors (Lipinski definition) is 2. The highest BCUT2D eigenvalue weighted by Crippen LogP contribution is 2.42. The van der Waals surface area contributed by atoms with Gasteiger partial charge in [-0.2, -0.15) is 0 Å². The number of pyridine rings is 1. The number of aliphatic hydroxyl groups excluding tert-OH is 1. The van der Waals surface area contributed by atoms with E-state index in [1.807, 2.05) is 39.0 Å². The highest BCUT2D eigenvalue weighted by molar-refractivity contribution is 6.29. The maximum atomic E-state index is 11.0. The number of hydrogen-bond acceptors (Lipinski definition) is 5. The quantitative estimate of drug-likeness (QED) is 0.784. The van der Waals surface area contributed by atoms with Crippen LogP contribution in [0, 0.1) is 6.92 Å². The van der Waals surface area contributed by atoms with Gasteiger partial charge in [0.1, 0.15) is 22.6 Å². The molecular weight excluding hydrogens is 362 g/mol. The van der Waals surface area contributed by atoms with Crippen molar-refractivity contribution in [3.63, 3.8) is 0 Å². The lowest BCUT2D eigenvalue weighted by Gasteiger charge is -2.42. The van der Waals surface area contributed by atoms with Gasteiger partial charge in [-0.3, -0.25) is 0 Å². The summed E-state index contributed by atoms with van der Waals surface area (Å²) in [5.41, 5.74) is 2.18. The van der Waals surface area contributed by atoms with Crippen LogP contribution in [0.3, 0.4) is 0 Å². The Morgan fingerprint density at radius 3 is 2.78 bits per heavy atom. The Hall–Kier alpha value is -1.40. The molecule has 27 heavy (non-hydrogen) atoms. The molecule has 5 nitrogen and oxygen atoms in total. The van der Waals surface area contributed by atoms with Crippen molar-refractivity contribution in [3.8, 4) is 5.75 Å². The molecule has 1 aromatic carbocycles. The summed E-state index contributed by atoms with van der Waals surface area (Å²) in [7, 11) is 0. The van der Waals surface area contributed by atoms with Crippen LogP contribution in [0.1, 0.15) is 43.9 Å². The van der Waals surface area contributed by atoms with Gasteiger partial charge in [0.15, 0.2) is 0 Å². The van der Waals surface area contributed by atoms with E-state index in [9.17, 15) is 5.11 Å². The summed E-state index contributed by atoms with van der Waals surface area (Å²) in [6, 6.07) is 5.71. The van der Waals surface area contributed by atoms with Crippen molar-refractivity contribution in [1.29, 1.82) is 0 Å². The number of ether oxygens (including phenoxy) is 1. The van der Waals surface area contributed by atoms with Crippen molar-refractivity contribution in [2.75, 3.05) is 26.2 Å². The number of benzene rings is 1. The topological polar surface area (TPSA) is 57.6 Å². The van der Waals surface area contributed by atoms with Crippen molar-refractivity contribution < 1.29 is 9.84 Å². The Morgan fingerprint density at radius 2 is 2.04 bits per heavy atom. The van der Waals surface area contributed by atoms with E-state index >= 15 is 0 Å². The lowest BCUT2D eigenvalue weighted by atomic mass is 9.85. The average molecular weight is 390 g/mol. The normalized spacial score (nSPS) is 24.8. The summed E-state index contributed by atoms with van der Waals surface area (Å²) in [5, 5.41) is 16.1. The smallest absolute Gasteiger partial charge is 0.131 e. The minimum absolute atomic E-state index is 0.197. The number of fused-ring (bicyclic) bond motifs is 2. The fraction of sp³-hybridized carbons (Fsp3) is 0.571. The second-order valence-electron chi connectivity index (χ2n) is 8.30. The molecule has 1 saturated heterocycles. The molecule has 0 unspecified atom stereocenters. The second kappa shape index (κ2) is 7.21. The molecule has 0 amide bonds. The summed E-state index contributed by atoms with van der Waals surface area (Å²) in [4.78, 5) is 6.94. The zero-order valence-electron chi connectivity index (χ0n) is 16.3. The van der Waals surface area contributed by atoms with E-state index in [1.165, 1.54) is 25.9 Å². The van der Waals surface area contributed by atoms with Crippen LogP contribution in [0.4, 0.5) is 0 Å². The van der Waals surface area contributed by atoms with Crippen molar-refractivity contribution in [2.24, 2.45) is 0 Å². The molecule has 2 atom stereocenters. The molecule has 0 radical (unpaired) electrons. The van der Waals surface area contributed by atoms with Gasteiger partial charge in [0.05, 0.1) is 11.6 Å². The van der Waals surface area contributed by atoms with Crippen molar-refractivity contribution in [2.45, 2.75) is 51.4 Å². The molecular formula is C21H28ClN3O2. The number of likely N-dealkylation sites (tertiary alicyclic amines) is 1. The van der Waals surface area contributed by atoms with E-state index in [1.54, 1.807) is 0 Å². The Kier molecular flexibility index (Phi) is 5.06. The van der Waals surface area contributed by atoms with Gasteiger partial charge in [0.25, 0.3) is 0 Å². The van der Waals surface area contributed by atoms with Gasteiger partial charge in [-0.05, 0) is 70.5 Å². The molecule has 6 heteroatoms. The molecule has 2 aliphatic heterocycles. The van der Waals surface area contributed by atoms with Gasteiger partial charge < -0.3 is 20.1 Å². The van der Waals surface area contributed by atoms with Gasteiger partial charge >= 0.3 is 0 Å². The number of aromatic nitrogens is 1. The SMILES string of the molecule is Cc1cc(Cl)nc2cc3c(cc12)OC(C)(C)[C@H](O)[C@H]3NCCN1CCCC1. The van der Waals surface area contributed by atoms with E-state index in [0.29, 0.717) is 5.15 Å². The fourth-order valence-corrected chi connectivity index (χ4v) is 4.50. The molecule has 4 rings (SSSR count). The minimum atomic E-state index is -0.667. The molecule has 2 N–H and O–H groups in total. The molecule has 0 bridgehead atoms. The van der Waals surface area contributed by atoms with Crippen LogP contribution in [-0.2, 0) is 0 Å². The van der Waals surface area contributed by atoms with Gasteiger partial charge in [-0.25, -0.2) is 4.98 Å². The average Bonchev–Trinajstić information content (AvgIpc) is 3.11. The van der Waals surface area contributed by atoms with E-state index in [2.05, 4.69) is 15.2 Å². The molecule has 2 aromatic rings. The monoisotopic (exact) mass is 389 g/mol. The van der Waals surface area contributed by atoms with Crippen molar-refractivity contribution in [1.82, 2.24) is 15.2 Å². The van der Waals surface area contributed by atoms with Crippen LogP contribution in [-0.4, -0.2) is 52.9 Å².